The Balaban J connectivity index is 1.79. The molecule has 1 aliphatic heterocycles. The zero-order chi connectivity index (χ0) is 19.2. The van der Waals surface area contributed by atoms with E-state index in [9.17, 15) is 13.6 Å². The van der Waals surface area contributed by atoms with Crippen molar-refractivity contribution in [1.29, 1.82) is 0 Å². The number of aliphatic imine (C=N–C) groups is 1. The zero-order valence-corrected chi connectivity index (χ0v) is 14.1. The number of halogens is 2. The first kappa shape index (κ1) is 18.3. The molecule has 0 aromatic heterocycles. The van der Waals surface area contributed by atoms with Crippen LogP contribution in [-0.2, 0) is 9.53 Å². The number of esters is 1. The number of alkyl halides is 2. The Hall–Kier alpha value is -3.48. The van der Waals surface area contributed by atoms with E-state index in [1.807, 2.05) is 0 Å². The second kappa shape index (κ2) is 8.27. The number of carbonyl (C=O) groups excluding carboxylic acids is 1. The van der Waals surface area contributed by atoms with Gasteiger partial charge in [0.2, 0.25) is 5.90 Å². The predicted octanol–water partition coefficient (Wildman–Crippen LogP) is 4.20. The topological polar surface area (TPSA) is 57.1 Å². The molecule has 0 saturated heterocycles. The molecule has 2 aromatic rings. The van der Waals surface area contributed by atoms with Gasteiger partial charge in [-0.1, -0.05) is 30.9 Å². The van der Waals surface area contributed by atoms with Gasteiger partial charge in [-0.15, -0.1) is 0 Å². The smallest absolute Gasteiger partial charge is 0.387 e. The number of carbonyl (C=O) groups is 1. The zero-order valence-electron chi connectivity index (χ0n) is 14.1. The van der Waals surface area contributed by atoms with E-state index in [0.717, 1.165) is 5.56 Å². The van der Waals surface area contributed by atoms with Crippen LogP contribution >= 0.6 is 0 Å². The van der Waals surface area contributed by atoms with Crippen molar-refractivity contribution >= 4 is 17.9 Å². The molecule has 0 radical (unpaired) electrons. The molecular formula is C20H15F2NO4. The molecule has 0 saturated carbocycles. The molecule has 0 fully saturated rings. The van der Waals surface area contributed by atoms with Crippen molar-refractivity contribution in [2.45, 2.75) is 6.61 Å². The normalized spacial score (nSPS) is 14.9. The van der Waals surface area contributed by atoms with Crippen LogP contribution in [-0.4, -0.2) is 25.1 Å². The van der Waals surface area contributed by atoms with E-state index in [1.54, 1.807) is 42.5 Å². The lowest BCUT2D eigenvalue weighted by Gasteiger charge is -2.05. The van der Waals surface area contributed by atoms with Gasteiger partial charge in [-0.25, -0.2) is 9.79 Å². The van der Waals surface area contributed by atoms with Gasteiger partial charge >= 0.3 is 12.6 Å². The summed E-state index contributed by atoms with van der Waals surface area (Å²) >= 11 is 0. The summed E-state index contributed by atoms with van der Waals surface area (Å²) in [6, 6.07) is 12.8. The third-order valence-electron chi connectivity index (χ3n) is 3.48. The number of hydrogen-bond donors (Lipinski definition) is 0. The number of benzene rings is 2. The summed E-state index contributed by atoms with van der Waals surface area (Å²) in [4.78, 5) is 16.2. The maximum Gasteiger partial charge on any atom is 0.387 e. The fourth-order valence-electron chi connectivity index (χ4n) is 2.31. The van der Waals surface area contributed by atoms with Crippen LogP contribution in [0.15, 0.2) is 71.9 Å². The summed E-state index contributed by atoms with van der Waals surface area (Å²) < 4.78 is 39.5. The van der Waals surface area contributed by atoms with Gasteiger partial charge in [-0.3, -0.25) is 0 Å². The van der Waals surface area contributed by atoms with Crippen LogP contribution in [0.5, 0.6) is 11.5 Å². The lowest BCUT2D eigenvalue weighted by atomic mass is 10.2. The monoisotopic (exact) mass is 371 g/mol. The van der Waals surface area contributed by atoms with Crippen LogP contribution in [0, 0.1) is 0 Å². The van der Waals surface area contributed by atoms with Gasteiger partial charge < -0.3 is 14.2 Å². The molecule has 7 heteroatoms. The molecule has 0 amide bonds. The van der Waals surface area contributed by atoms with E-state index in [4.69, 9.17) is 9.47 Å². The number of hydrogen-bond acceptors (Lipinski definition) is 5. The van der Waals surface area contributed by atoms with Gasteiger partial charge in [-0.2, -0.15) is 8.78 Å². The lowest BCUT2D eigenvalue weighted by Crippen LogP contribution is -2.07. The third-order valence-corrected chi connectivity index (χ3v) is 3.48. The van der Waals surface area contributed by atoms with Gasteiger partial charge in [0.25, 0.3) is 0 Å². The van der Waals surface area contributed by atoms with Gasteiger partial charge in [0.05, 0.1) is 0 Å². The summed E-state index contributed by atoms with van der Waals surface area (Å²) in [5, 5.41) is 0. The summed E-state index contributed by atoms with van der Waals surface area (Å²) in [7, 11) is 0. The molecule has 138 valence electrons. The van der Waals surface area contributed by atoms with Crippen LogP contribution in [0.25, 0.3) is 6.08 Å². The second-order valence-electron chi connectivity index (χ2n) is 5.41. The standard InChI is InChI=1S/C20H15F2NO4/c1-2-10-25-15-8-6-13(7-9-15)11-17-19(24)27-18(23-17)14-4-3-5-16(12-14)26-20(21)22/h2-9,11-12,20H,1,10H2/b17-11-. The van der Waals surface area contributed by atoms with Crippen molar-refractivity contribution in [3.8, 4) is 11.5 Å². The number of ether oxygens (including phenoxy) is 3. The number of rotatable bonds is 7. The molecule has 2 aromatic carbocycles. The molecule has 0 N–H and O–H groups in total. The largest absolute Gasteiger partial charge is 0.490 e. The fourth-order valence-corrected chi connectivity index (χ4v) is 2.31. The molecule has 27 heavy (non-hydrogen) atoms. The molecule has 0 bridgehead atoms. The van der Waals surface area contributed by atoms with Crippen LogP contribution < -0.4 is 9.47 Å². The maximum atomic E-state index is 12.3. The number of nitrogens with zero attached hydrogens (tertiary/aromatic N) is 1. The molecule has 0 unspecified atom stereocenters. The molecule has 1 aliphatic rings. The first-order valence-corrected chi connectivity index (χ1v) is 7.97. The molecule has 5 nitrogen and oxygen atoms in total. The lowest BCUT2D eigenvalue weighted by molar-refractivity contribution is -0.129. The highest BCUT2D eigenvalue weighted by Gasteiger charge is 2.24. The maximum absolute atomic E-state index is 12.3. The van der Waals surface area contributed by atoms with Crippen LogP contribution in [0.4, 0.5) is 8.78 Å². The Bertz CT molecular complexity index is 904. The highest BCUT2D eigenvalue weighted by molar-refractivity contribution is 6.12. The Morgan fingerprint density at radius 1 is 1.15 bits per heavy atom. The predicted molar refractivity (Wildman–Crippen MR) is 95.8 cm³/mol. The van der Waals surface area contributed by atoms with Crippen LogP contribution in [0.3, 0.4) is 0 Å². The van der Waals surface area contributed by atoms with Gasteiger partial charge in [0, 0.05) is 5.56 Å². The highest BCUT2D eigenvalue weighted by atomic mass is 19.3. The molecule has 0 atom stereocenters. The van der Waals surface area contributed by atoms with Crippen LogP contribution in [0.1, 0.15) is 11.1 Å². The Kier molecular flexibility index (Phi) is 5.61. The average Bonchev–Trinajstić information content (AvgIpc) is 3.01. The molecule has 0 aliphatic carbocycles. The minimum atomic E-state index is -2.94. The second-order valence-corrected chi connectivity index (χ2v) is 5.41. The van der Waals surface area contributed by atoms with E-state index < -0.39 is 12.6 Å². The highest BCUT2D eigenvalue weighted by Crippen LogP contribution is 2.23. The summed E-state index contributed by atoms with van der Waals surface area (Å²) in [6.07, 6.45) is 3.20. The first-order valence-electron chi connectivity index (χ1n) is 7.97. The van der Waals surface area contributed by atoms with Crippen LogP contribution in [0.2, 0.25) is 0 Å². The minimum Gasteiger partial charge on any atom is -0.490 e. The van der Waals surface area contributed by atoms with Gasteiger partial charge in [0.1, 0.15) is 18.1 Å². The SMILES string of the molecule is C=CCOc1ccc(/C=C2\N=C(c3cccc(OC(F)F)c3)OC2=O)cc1. The third kappa shape index (κ3) is 4.78. The van der Waals surface area contributed by atoms with Crippen molar-refractivity contribution in [3.05, 3.63) is 78.0 Å². The van der Waals surface area contributed by atoms with E-state index >= 15 is 0 Å². The van der Waals surface area contributed by atoms with Gasteiger partial charge in [0.15, 0.2) is 5.70 Å². The quantitative estimate of drug-likeness (QED) is 0.416. The average molecular weight is 371 g/mol. The molecule has 3 rings (SSSR count). The Morgan fingerprint density at radius 3 is 2.63 bits per heavy atom. The fraction of sp³-hybridized carbons (Fsp3) is 0.100. The minimum absolute atomic E-state index is 0.0249. The van der Waals surface area contributed by atoms with Crippen molar-refractivity contribution < 1.29 is 27.8 Å². The van der Waals surface area contributed by atoms with Crippen molar-refractivity contribution in [2.75, 3.05) is 6.61 Å². The van der Waals surface area contributed by atoms with E-state index in [-0.39, 0.29) is 17.3 Å². The molecule has 0 spiro atoms. The number of cyclic esters (lactones) is 1. The molecule has 1 heterocycles. The molecular weight excluding hydrogens is 356 g/mol. The van der Waals surface area contributed by atoms with Crippen molar-refractivity contribution in [3.63, 3.8) is 0 Å². The van der Waals surface area contributed by atoms with Gasteiger partial charge in [-0.05, 0) is 42.0 Å². The van der Waals surface area contributed by atoms with Crippen molar-refractivity contribution in [2.24, 2.45) is 4.99 Å². The first-order chi connectivity index (χ1) is 13.0. The van der Waals surface area contributed by atoms with E-state index in [2.05, 4.69) is 16.3 Å². The summed E-state index contributed by atoms with van der Waals surface area (Å²) in [5.74, 6) is 0.0222. The Labute approximate surface area is 154 Å². The van der Waals surface area contributed by atoms with Crippen molar-refractivity contribution in [1.82, 2.24) is 0 Å². The summed E-state index contributed by atoms with van der Waals surface area (Å²) in [5.41, 5.74) is 1.19. The van der Waals surface area contributed by atoms with E-state index in [0.29, 0.717) is 17.9 Å². The Morgan fingerprint density at radius 2 is 1.93 bits per heavy atom. The van der Waals surface area contributed by atoms with E-state index in [1.165, 1.54) is 18.2 Å². The summed E-state index contributed by atoms with van der Waals surface area (Å²) in [6.45, 7) is 1.03.